The van der Waals surface area contributed by atoms with Crippen molar-refractivity contribution in [3.8, 4) is 0 Å². The molecule has 4 nitrogen and oxygen atoms in total. The Morgan fingerprint density at radius 1 is 1.09 bits per heavy atom. The lowest BCUT2D eigenvalue weighted by Gasteiger charge is -2.41. The molecule has 1 radical (unpaired) electrons. The maximum Gasteiger partial charge on any atom is 0.402 e. The van der Waals surface area contributed by atoms with Crippen molar-refractivity contribution in [3.63, 3.8) is 0 Å². The maximum atomic E-state index is 13.1. The van der Waals surface area contributed by atoms with E-state index in [9.17, 15) is 4.79 Å². The van der Waals surface area contributed by atoms with Gasteiger partial charge in [0.25, 0.3) is 14.3 Å². The zero-order valence-corrected chi connectivity index (χ0v) is 18.6. The second-order valence-electron chi connectivity index (χ2n) is 7.14. The molecule has 0 bridgehead atoms. The zero-order chi connectivity index (χ0) is 18.3. The highest BCUT2D eigenvalue weighted by Crippen LogP contribution is 2.43. The lowest BCUT2D eigenvalue weighted by molar-refractivity contribution is -0.139. The van der Waals surface area contributed by atoms with Crippen LogP contribution in [0.5, 0.6) is 0 Å². The van der Waals surface area contributed by atoms with Crippen LogP contribution in [0.15, 0.2) is 0 Å². The number of hydrogen-bond acceptors (Lipinski definition) is 4. The van der Waals surface area contributed by atoms with E-state index in [1.807, 2.05) is 13.8 Å². The largest absolute Gasteiger partial charge is 0.518 e. The average molecular weight is 362 g/mol. The number of carbonyl (C=O) groups is 1. The molecule has 0 aliphatic rings. The summed E-state index contributed by atoms with van der Waals surface area (Å²) >= 11 is 0. The predicted octanol–water partition coefficient (Wildman–Crippen LogP) is 5.05. The van der Waals surface area contributed by atoms with Crippen LogP contribution in [0, 0.1) is 0 Å². The minimum absolute atomic E-state index is 0.122. The molecule has 6 heteroatoms. The van der Waals surface area contributed by atoms with Crippen molar-refractivity contribution >= 4 is 23.6 Å². The Morgan fingerprint density at radius 2 is 1.57 bits per heavy atom. The topological polar surface area (TPSA) is 44.8 Å². The molecule has 0 fully saturated rings. The van der Waals surface area contributed by atoms with Crippen LogP contribution in [0.1, 0.15) is 67.7 Å². The molecule has 1 atom stereocenters. The maximum absolute atomic E-state index is 13.1. The summed E-state index contributed by atoms with van der Waals surface area (Å²) in [6, 6.07) is 1.03. The summed E-state index contributed by atoms with van der Waals surface area (Å²) in [6.45, 7) is 14.9. The van der Waals surface area contributed by atoms with Crippen molar-refractivity contribution in [2.45, 2.75) is 89.9 Å². The second kappa shape index (κ2) is 9.96. The Balaban J connectivity index is 5.58. The SMILES string of the molecule is CCCC[Si](OC(=O)C(C)(CC)[Si](OC)OC)(C(C)C)C(C)C. The van der Waals surface area contributed by atoms with Crippen LogP contribution in [0.25, 0.3) is 0 Å². The molecule has 0 aliphatic carbocycles. The molecule has 0 aromatic rings. The minimum atomic E-state index is -2.18. The molecule has 1 unspecified atom stereocenters. The van der Waals surface area contributed by atoms with Gasteiger partial charge in [-0.1, -0.05) is 54.4 Å². The molecule has 0 N–H and O–H groups in total. The summed E-state index contributed by atoms with van der Waals surface area (Å²) in [5, 5.41) is -0.678. The van der Waals surface area contributed by atoms with Gasteiger partial charge in [-0.3, -0.25) is 4.79 Å². The molecule has 0 heterocycles. The van der Waals surface area contributed by atoms with Crippen molar-refractivity contribution in [1.29, 1.82) is 0 Å². The highest BCUT2D eigenvalue weighted by molar-refractivity contribution is 6.78. The first-order valence-electron chi connectivity index (χ1n) is 8.85. The molecule has 0 saturated heterocycles. The fourth-order valence-electron chi connectivity index (χ4n) is 3.17. The predicted molar refractivity (Wildman–Crippen MR) is 100 cm³/mol. The quantitative estimate of drug-likeness (QED) is 0.483. The third-order valence-corrected chi connectivity index (χ3v) is 12.9. The molecule has 0 amide bonds. The van der Waals surface area contributed by atoms with Crippen LogP contribution >= 0.6 is 0 Å². The van der Waals surface area contributed by atoms with Crippen LogP contribution in [0.2, 0.25) is 22.2 Å². The lowest BCUT2D eigenvalue weighted by atomic mass is 10.1. The third-order valence-electron chi connectivity index (χ3n) is 5.14. The Kier molecular flexibility index (Phi) is 9.88. The van der Waals surface area contributed by atoms with Crippen molar-refractivity contribution < 1.29 is 18.1 Å². The molecule has 0 aromatic heterocycles. The fraction of sp³-hybridized carbons (Fsp3) is 0.941. The highest BCUT2D eigenvalue weighted by Gasteiger charge is 2.52. The molecule has 23 heavy (non-hydrogen) atoms. The smallest absolute Gasteiger partial charge is 0.402 e. The van der Waals surface area contributed by atoms with Gasteiger partial charge >= 0.3 is 9.28 Å². The average Bonchev–Trinajstić information content (AvgIpc) is 2.51. The second-order valence-corrected chi connectivity index (χ2v) is 14.6. The van der Waals surface area contributed by atoms with Crippen molar-refractivity contribution in [2.75, 3.05) is 14.2 Å². The van der Waals surface area contributed by atoms with Gasteiger partial charge in [-0.15, -0.1) is 0 Å². The first-order chi connectivity index (χ1) is 10.7. The minimum Gasteiger partial charge on any atom is -0.518 e. The molecule has 0 aromatic carbocycles. The Labute approximate surface area is 146 Å². The standard InChI is InChI=1S/C17H37O4Si2/c1-10-12-13-23(14(3)4,15(5)6)21-16(18)17(7,11-2)22(19-8)20-9/h14-15H,10-13H2,1-9H3. The van der Waals surface area contributed by atoms with Crippen LogP contribution in [-0.4, -0.2) is 37.8 Å². The zero-order valence-electron chi connectivity index (χ0n) is 16.6. The van der Waals surface area contributed by atoms with Gasteiger partial charge in [-0.05, 0) is 30.5 Å². The Hall–Kier alpha value is -0.176. The number of carbonyl (C=O) groups excluding carboxylic acids is 1. The molecule has 0 saturated carbocycles. The van der Waals surface area contributed by atoms with Gasteiger partial charge in [0.05, 0.1) is 0 Å². The van der Waals surface area contributed by atoms with Crippen LogP contribution in [0.3, 0.4) is 0 Å². The van der Waals surface area contributed by atoms with E-state index in [2.05, 4.69) is 34.6 Å². The van der Waals surface area contributed by atoms with Crippen molar-refractivity contribution in [3.05, 3.63) is 0 Å². The van der Waals surface area contributed by atoms with Gasteiger partial charge < -0.3 is 13.3 Å². The highest BCUT2D eigenvalue weighted by atomic mass is 28.4. The fourth-order valence-corrected chi connectivity index (χ4v) is 9.39. The number of rotatable bonds is 11. The summed E-state index contributed by atoms with van der Waals surface area (Å²) in [4.78, 5) is 13.1. The van der Waals surface area contributed by atoms with E-state index in [0.29, 0.717) is 17.5 Å². The van der Waals surface area contributed by atoms with Gasteiger partial charge in [0.1, 0.15) is 5.04 Å². The van der Waals surface area contributed by atoms with Gasteiger partial charge in [-0.25, -0.2) is 0 Å². The summed E-state index contributed by atoms with van der Waals surface area (Å²) in [5.41, 5.74) is 0.805. The van der Waals surface area contributed by atoms with E-state index < -0.39 is 22.6 Å². The summed E-state index contributed by atoms with van der Waals surface area (Å²) in [7, 11) is -0.647. The van der Waals surface area contributed by atoms with E-state index in [4.69, 9.17) is 13.3 Å². The van der Waals surface area contributed by atoms with E-state index in [-0.39, 0.29) is 5.97 Å². The molecule has 137 valence electrons. The van der Waals surface area contributed by atoms with Gasteiger partial charge in [0.15, 0.2) is 0 Å². The van der Waals surface area contributed by atoms with Crippen LogP contribution < -0.4 is 0 Å². The lowest BCUT2D eigenvalue weighted by Crippen LogP contribution is -2.51. The van der Waals surface area contributed by atoms with E-state index in [1.54, 1.807) is 14.2 Å². The van der Waals surface area contributed by atoms with E-state index >= 15 is 0 Å². The first kappa shape index (κ1) is 22.8. The van der Waals surface area contributed by atoms with Gasteiger partial charge in [-0.2, -0.15) is 0 Å². The summed E-state index contributed by atoms with van der Waals surface area (Å²) < 4.78 is 17.3. The molecule has 0 spiro atoms. The van der Waals surface area contributed by atoms with E-state index in [1.165, 1.54) is 0 Å². The molecule has 0 aliphatic heterocycles. The van der Waals surface area contributed by atoms with E-state index in [0.717, 1.165) is 18.9 Å². The first-order valence-corrected chi connectivity index (χ1v) is 12.4. The number of unbranched alkanes of at least 4 members (excludes halogenated alkanes) is 1. The molecule has 0 rings (SSSR count). The molecular weight excluding hydrogens is 324 g/mol. The van der Waals surface area contributed by atoms with Gasteiger partial charge in [0, 0.05) is 14.2 Å². The third kappa shape index (κ3) is 5.15. The van der Waals surface area contributed by atoms with Crippen molar-refractivity contribution in [1.82, 2.24) is 0 Å². The Morgan fingerprint density at radius 3 is 1.87 bits per heavy atom. The normalized spacial score (nSPS) is 15.3. The van der Waals surface area contributed by atoms with Crippen LogP contribution in [-0.2, 0) is 18.1 Å². The summed E-state index contributed by atoms with van der Waals surface area (Å²) in [6.07, 6.45) is 2.91. The van der Waals surface area contributed by atoms with Crippen molar-refractivity contribution in [2.24, 2.45) is 0 Å². The Bertz CT molecular complexity index is 349. The van der Waals surface area contributed by atoms with Crippen LogP contribution in [0.4, 0.5) is 0 Å². The number of hydrogen-bond donors (Lipinski definition) is 0. The monoisotopic (exact) mass is 361 g/mol. The molecular formula is C17H37O4Si2. The van der Waals surface area contributed by atoms with Gasteiger partial charge in [0.2, 0.25) is 0 Å². The summed E-state index contributed by atoms with van der Waals surface area (Å²) in [5.74, 6) is -0.122.